The summed E-state index contributed by atoms with van der Waals surface area (Å²) in [5, 5.41) is 12.7. The van der Waals surface area contributed by atoms with E-state index in [4.69, 9.17) is 21.6 Å². The smallest absolute Gasteiger partial charge is 0.185 e. The van der Waals surface area contributed by atoms with Crippen molar-refractivity contribution in [2.75, 3.05) is 18.5 Å². The summed E-state index contributed by atoms with van der Waals surface area (Å²) < 4.78 is 5.59. The minimum atomic E-state index is 0.245. The van der Waals surface area contributed by atoms with Gasteiger partial charge in [0.25, 0.3) is 0 Å². The number of aryl methyl sites for hydroxylation is 1. The number of nitrogens with one attached hydrogen (secondary N) is 1. The summed E-state index contributed by atoms with van der Waals surface area (Å²) in [5.41, 5.74) is 1.16. The van der Waals surface area contributed by atoms with E-state index in [0.717, 1.165) is 11.3 Å². The Bertz CT molecular complexity index is 606. The highest BCUT2D eigenvalue weighted by Gasteiger charge is 2.07. The molecule has 98 valence electrons. The zero-order valence-corrected chi connectivity index (χ0v) is 11.9. The lowest BCUT2D eigenvalue weighted by molar-refractivity contribution is 0.332. The van der Waals surface area contributed by atoms with Gasteiger partial charge in [0.2, 0.25) is 0 Å². The predicted molar refractivity (Wildman–Crippen MR) is 77.0 cm³/mol. The lowest BCUT2D eigenvalue weighted by atomic mass is 10.2. The fourth-order valence-electron chi connectivity index (χ4n) is 1.48. The number of ether oxygens (including phenoxy) is 1. The van der Waals surface area contributed by atoms with Crippen LogP contribution in [0.15, 0.2) is 24.3 Å². The van der Waals surface area contributed by atoms with Gasteiger partial charge >= 0.3 is 0 Å². The lowest BCUT2D eigenvalue weighted by Crippen LogP contribution is -2.11. The van der Waals surface area contributed by atoms with Gasteiger partial charge in [-0.15, -0.1) is 0 Å². The van der Waals surface area contributed by atoms with Crippen LogP contribution in [0, 0.1) is 18.3 Å². The molecule has 1 aromatic carbocycles. The first kappa shape index (κ1) is 13.7. The summed E-state index contributed by atoms with van der Waals surface area (Å²) in [4.78, 5) is 4.46. The molecule has 0 atom stereocenters. The molecule has 0 aliphatic carbocycles. The van der Waals surface area contributed by atoms with Crippen LogP contribution >= 0.6 is 22.9 Å². The van der Waals surface area contributed by atoms with Crippen molar-refractivity contribution in [3.05, 3.63) is 39.9 Å². The molecule has 1 N–H and O–H groups in total. The van der Waals surface area contributed by atoms with Crippen LogP contribution < -0.4 is 10.1 Å². The number of nitriles is 1. The number of rotatable bonds is 5. The normalized spacial score (nSPS) is 9.95. The summed E-state index contributed by atoms with van der Waals surface area (Å²) in [6, 6.07) is 9.87. The zero-order valence-electron chi connectivity index (χ0n) is 10.3. The number of benzene rings is 1. The summed E-state index contributed by atoms with van der Waals surface area (Å²) in [6.07, 6.45) is 0. The second kappa shape index (κ2) is 6.41. The topological polar surface area (TPSA) is 57.9 Å². The monoisotopic (exact) mass is 293 g/mol. The van der Waals surface area contributed by atoms with Crippen molar-refractivity contribution in [1.82, 2.24) is 4.98 Å². The van der Waals surface area contributed by atoms with Crippen molar-refractivity contribution in [2.24, 2.45) is 0 Å². The first-order valence-electron chi connectivity index (χ1n) is 5.69. The zero-order chi connectivity index (χ0) is 13.7. The van der Waals surface area contributed by atoms with Gasteiger partial charge in [0.1, 0.15) is 23.3 Å². The Balaban J connectivity index is 1.79. The number of anilines is 1. The van der Waals surface area contributed by atoms with Gasteiger partial charge in [0.15, 0.2) is 10.3 Å². The van der Waals surface area contributed by atoms with E-state index < -0.39 is 0 Å². The van der Waals surface area contributed by atoms with Crippen LogP contribution in [0.25, 0.3) is 0 Å². The molecule has 19 heavy (non-hydrogen) atoms. The minimum absolute atomic E-state index is 0.245. The van der Waals surface area contributed by atoms with Gasteiger partial charge in [-0.05, 0) is 24.6 Å². The maximum atomic E-state index is 8.76. The molecule has 6 heteroatoms. The molecular weight excluding hydrogens is 282 g/mol. The van der Waals surface area contributed by atoms with Crippen molar-refractivity contribution >= 4 is 28.1 Å². The number of halogens is 1. The number of aromatic nitrogens is 1. The molecule has 0 saturated carbocycles. The van der Waals surface area contributed by atoms with Crippen LogP contribution in [0.4, 0.5) is 5.13 Å². The Morgan fingerprint density at radius 1 is 1.53 bits per heavy atom. The predicted octanol–water partition coefficient (Wildman–Crippen LogP) is 3.47. The second-order valence-electron chi connectivity index (χ2n) is 3.84. The molecule has 0 bridgehead atoms. The highest BCUT2D eigenvalue weighted by atomic mass is 35.5. The molecule has 0 amide bonds. The third-order valence-electron chi connectivity index (χ3n) is 2.32. The second-order valence-corrected chi connectivity index (χ2v) is 5.20. The molecule has 0 spiro atoms. The van der Waals surface area contributed by atoms with Gasteiger partial charge in [-0.1, -0.05) is 35.1 Å². The molecule has 0 fully saturated rings. The molecular formula is C13H12ClN3OS. The van der Waals surface area contributed by atoms with Gasteiger partial charge in [-0.25, -0.2) is 4.98 Å². The summed E-state index contributed by atoms with van der Waals surface area (Å²) >= 11 is 7.01. The molecule has 0 radical (unpaired) electrons. The van der Waals surface area contributed by atoms with Crippen LogP contribution in [0.2, 0.25) is 5.15 Å². The lowest BCUT2D eigenvalue weighted by Gasteiger charge is -2.07. The molecule has 0 aliphatic rings. The van der Waals surface area contributed by atoms with E-state index in [0.29, 0.717) is 23.2 Å². The van der Waals surface area contributed by atoms with E-state index in [1.165, 1.54) is 11.3 Å². The van der Waals surface area contributed by atoms with Crippen LogP contribution in [0.3, 0.4) is 0 Å². The first-order chi connectivity index (χ1) is 9.19. The van der Waals surface area contributed by atoms with Crippen LogP contribution in [0.5, 0.6) is 5.75 Å². The molecule has 4 nitrogen and oxygen atoms in total. The van der Waals surface area contributed by atoms with E-state index in [2.05, 4.69) is 10.3 Å². The minimum Gasteiger partial charge on any atom is -0.492 e. The quantitative estimate of drug-likeness (QED) is 0.858. The summed E-state index contributed by atoms with van der Waals surface area (Å²) in [6.45, 7) is 3.14. The van der Waals surface area contributed by atoms with E-state index >= 15 is 0 Å². The van der Waals surface area contributed by atoms with Crippen molar-refractivity contribution in [1.29, 1.82) is 5.26 Å². The van der Waals surface area contributed by atoms with E-state index in [1.54, 1.807) is 0 Å². The highest BCUT2D eigenvalue weighted by Crippen LogP contribution is 2.25. The third kappa shape index (κ3) is 3.85. The molecule has 0 aliphatic heterocycles. The standard InChI is InChI=1S/C13H12ClN3OS/c1-9-3-2-4-10(7-9)18-6-5-16-13-17-12(14)11(8-15)19-13/h2-4,7H,5-6H2,1H3,(H,16,17). The Kier molecular flexibility index (Phi) is 4.61. The fourth-order valence-corrected chi connectivity index (χ4v) is 2.45. The van der Waals surface area contributed by atoms with Crippen molar-refractivity contribution < 1.29 is 4.74 Å². The van der Waals surface area contributed by atoms with Gasteiger partial charge in [0, 0.05) is 0 Å². The number of hydrogen-bond acceptors (Lipinski definition) is 5. The van der Waals surface area contributed by atoms with E-state index in [1.807, 2.05) is 37.3 Å². The Labute approximate surface area is 120 Å². The van der Waals surface area contributed by atoms with Crippen LogP contribution in [0.1, 0.15) is 10.4 Å². The number of nitrogens with zero attached hydrogens (tertiary/aromatic N) is 2. The average molecular weight is 294 g/mol. The Morgan fingerprint density at radius 3 is 3.05 bits per heavy atom. The maximum absolute atomic E-state index is 8.76. The van der Waals surface area contributed by atoms with Crippen LogP contribution in [-0.2, 0) is 0 Å². The largest absolute Gasteiger partial charge is 0.492 e. The molecule has 0 unspecified atom stereocenters. The molecule has 1 aromatic heterocycles. The van der Waals surface area contributed by atoms with Crippen molar-refractivity contribution in [3.8, 4) is 11.8 Å². The van der Waals surface area contributed by atoms with Gasteiger partial charge in [-0.3, -0.25) is 0 Å². The fraction of sp³-hybridized carbons (Fsp3) is 0.231. The first-order valence-corrected chi connectivity index (χ1v) is 6.88. The van der Waals surface area contributed by atoms with Crippen molar-refractivity contribution in [2.45, 2.75) is 6.92 Å². The number of thiazole rings is 1. The van der Waals surface area contributed by atoms with Gasteiger partial charge < -0.3 is 10.1 Å². The van der Waals surface area contributed by atoms with E-state index in [9.17, 15) is 0 Å². The molecule has 0 saturated heterocycles. The Hall–Kier alpha value is -1.77. The molecule has 2 rings (SSSR count). The maximum Gasteiger partial charge on any atom is 0.185 e. The molecule has 1 heterocycles. The SMILES string of the molecule is Cc1cccc(OCCNc2nc(Cl)c(C#N)s2)c1. The highest BCUT2D eigenvalue weighted by molar-refractivity contribution is 7.16. The average Bonchev–Trinajstić information content (AvgIpc) is 2.75. The van der Waals surface area contributed by atoms with Crippen molar-refractivity contribution in [3.63, 3.8) is 0 Å². The third-order valence-corrected chi connectivity index (χ3v) is 3.63. The van der Waals surface area contributed by atoms with Gasteiger partial charge in [0.05, 0.1) is 6.54 Å². The summed E-state index contributed by atoms with van der Waals surface area (Å²) in [7, 11) is 0. The number of hydrogen-bond donors (Lipinski definition) is 1. The summed E-state index contributed by atoms with van der Waals surface area (Å²) in [5.74, 6) is 0.844. The Morgan fingerprint density at radius 2 is 2.37 bits per heavy atom. The van der Waals surface area contributed by atoms with E-state index in [-0.39, 0.29) is 5.15 Å². The molecule has 2 aromatic rings. The van der Waals surface area contributed by atoms with Crippen LogP contribution in [-0.4, -0.2) is 18.1 Å². The van der Waals surface area contributed by atoms with Gasteiger partial charge in [-0.2, -0.15) is 5.26 Å².